The molecule has 0 radical (unpaired) electrons. The lowest BCUT2D eigenvalue weighted by atomic mass is 9.55. The third-order valence-electron chi connectivity index (χ3n) is 8.77. The molecular formula is C32H21ClN4O7. The van der Waals surface area contributed by atoms with Gasteiger partial charge in [0.2, 0.25) is 0 Å². The van der Waals surface area contributed by atoms with Gasteiger partial charge in [-0.2, -0.15) is 5.01 Å². The van der Waals surface area contributed by atoms with E-state index in [1.807, 2.05) is 48.5 Å². The number of hydrogen-bond donors (Lipinski definition) is 0. The summed E-state index contributed by atoms with van der Waals surface area (Å²) in [6.45, 7) is -0.541. The maximum Gasteiger partial charge on any atom is 0.275 e. The van der Waals surface area contributed by atoms with Crippen molar-refractivity contribution in [2.45, 2.75) is 18.4 Å². The molecule has 0 aromatic heterocycles. The van der Waals surface area contributed by atoms with E-state index in [1.165, 1.54) is 30.3 Å². The lowest BCUT2D eigenvalue weighted by Gasteiger charge is -2.45. The topological polar surface area (TPSA) is 144 Å². The van der Waals surface area contributed by atoms with Gasteiger partial charge >= 0.3 is 0 Å². The van der Waals surface area contributed by atoms with Gasteiger partial charge < -0.3 is 0 Å². The van der Waals surface area contributed by atoms with Crippen molar-refractivity contribution >= 4 is 40.7 Å². The molecule has 2 atom stereocenters. The fourth-order valence-corrected chi connectivity index (χ4v) is 7.20. The van der Waals surface area contributed by atoms with Gasteiger partial charge in [-0.25, -0.2) is 5.01 Å². The zero-order valence-corrected chi connectivity index (χ0v) is 23.5. The fourth-order valence-electron chi connectivity index (χ4n) is 7.04. The Kier molecular flexibility index (Phi) is 6.29. The number of rotatable bonds is 6. The van der Waals surface area contributed by atoms with E-state index in [1.54, 1.807) is 0 Å². The first-order chi connectivity index (χ1) is 21.2. The van der Waals surface area contributed by atoms with Crippen LogP contribution in [-0.2, 0) is 16.1 Å². The fraction of sp³-hybridized carbons (Fsp3) is 0.156. The molecule has 1 aliphatic heterocycles. The monoisotopic (exact) mass is 608 g/mol. The molecule has 4 aromatic carbocycles. The van der Waals surface area contributed by atoms with Crippen LogP contribution in [-0.4, -0.2) is 37.6 Å². The molecule has 4 aliphatic rings. The first kappa shape index (κ1) is 27.4. The Hall–Kier alpha value is -5.42. The molecular weight excluding hydrogens is 588 g/mol. The molecule has 8 rings (SSSR count). The van der Waals surface area contributed by atoms with Crippen molar-refractivity contribution in [1.29, 1.82) is 0 Å². The van der Waals surface area contributed by atoms with Crippen LogP contribution >= 0.6 is 11.6 Å². The predicted molar refractivity (Wildman–Crippen MR) is 156 cm³/mol. The zero-order valence-electron chi connectivity index (χ0n) is 22.7. The van der Waals surface area contributed by atoms with E-state index in [-0.39, 0.29) is 21.8 Å². The number of non-ortho nitro benzene ring substituents is 1. The van der Waals surface area contributed by atoms with E-state index >= 15 is 0 Å². The van der Waals surface area contributed by atoms with Crippen molar-refractivity contribution in [2.75, 3.05) is 0 Å². The molecule has 12 heteroatoms. The third kappa shape index (κ3) is 4.00. The van der Waals surface area contributed by atoms with E-state index in [0.29, 0.717) is 0 Å². The third-order valence-corrected chi connectivity index (χ3v) is 9.00. The Labute approximate surface area is 254 Å². The van der Waals surface area contributed by atoms with Crippen molar-refractivity contribution in [1.82, 2.24) is 10.0 Å². The van der Waals surface area contributed by atoms with Crippen molar-refractivity contribution < 1.29 is 24.2 Å². The number of hydrazine groups is 1. The van der Waals surface area contributed by atoms with Gasteiger partial charge in [-0.3, -0.25) is 34.6 Å². The minimum Gasteiger partial charge on any atom is -0.272 e. The Morgan fingerprint density at radius 2 is 1.30 bits per heavy atom. The molecule has 1 saturated heterocycles. The van der Waals surface area contributed by atoms with Gasteiger partial charge in [-0.15, -0.1) is 0 Å². The maximum atomic E-state index is 14.4. The molecule has 3 amide bonds. The van der Waals surface area contributed by atoms with Gasteiger partial charge in [-0.05, 0) is 40.5 Å². The van der Waals surface area contributed by atoms with E-state index in [2.05, 4.69) is 0 Å². The average Bonchev–Trinajstić information content (AvgIpc) is 3.29. The Morgan fingerprint density at radius 3 is 1.80 bits per heavy atom. The average molecular weight is 609 g/mol. The van der Waals surface area contributed by atoms with Crippen LogP contribution in [0, 0.1) is 32.1 Å². The maximum absolute atomic E-state index is 14.4. The zero-order chi connectivity index (χ0) is 30.9. The normalized spacial score (nSPS) is 21.0. The number of carbonyl (C=O) groups excluding carboxylic acids is 3. The standard InChI is InChI=1S/C32H21ClN4O7/c33-19-13-12-18(25(15-19)37(43)44)16-34(30(38)17-6-5-7-20(14-17)36(41)42)35-31(39)28-26-21-8-1-2-9-22(21)27(29(28)32(35)40)24-11-4-3-10-23(24)26/h1-15,26-29H,16H2/t26?,27?,28-,29+. The molecule has 3 aliphatic carbocycles. The van der Waals surface area contributed by atoms with Gasteiger partial charge in [0.05, 0.1) is 33.8 Å². The van der Waals surface area contributed by atoms with Gasteiger partial charge in [0.1, 0.15) is 0 Å². The Balaban J connectivity index is 1.37. The molecule has 11 nitrogen and oxygen atoms in total. The molecule has 44 heavy (non-hydrogen) atoms. The molecule has 1 fully saturated rings. The second-order valence-corrected chi connectivity index (χ2v) is 11.4. The highest BCUT2D eigenvalue weighted by Crippen LogP contribution is 2.61. The summed E-state index contributed by atoms with van der Waals surface area (Å²) in [6.07, 6.45) is 0. The second-order valence-electron chi connectivity index (χ2n) is 11.0. The van der Waals surface area contributed by atoms with Crippen molar-refractivity contribution in [3.8, 4) is 0 Å². The largest absolute Gasteiger partial charge is 0.275 e. The number of benzene rings is 4. The molecule has 2 bridgehead atoms. The lowest BCUT2D eigenvalue weighted by molar-refractivity contribution is -0.385. The SMILES string of the molecule is O=C(c1cccc([N+](=O)[O-])c1)N(Cc1ccc(Cl)cc1[N+](=O)[O-])N1C(=O)[C@@H]2C3c4ccccc4C(c4ccccc43)[C@@H]2C1=O. The lowest BCUT2D eigenvalue weighted by Crippen LogP contribution is -2.50. The van der Waals surface area contributed by atoms with Gasteiger partial charge in [0, 0.05) is 40.6 Å². The minimum absolute atomic E-state index is 0.0168. The first-order valence-corrected chi connectivity index (χ1v) is 14.1. The Morgan fingerprint density at radius 1 is 0.750 bits per heavy atom. The molecule has 218 valence electrons. The molecule has 0 N–H and O–H groups in total. The summed E-state index contributed by atoms with van der Waals surface area (Å²) in [6, 6.07) is 24.1. The molecule has 4 aromatic rings. The smallest absolute Gasteiger partial charge is 0.272 e. The van der Waals surface area contributed by atoms with Crippen LogP contribution in [0.1, 0.15) is 50.0 Å². The highest BCUT2D eigenvalue weighted by Gasteiger charge is 2.63. The van der Waals surface area contributed by atoms with Crippen molar-refractivity contribution in [3.63, 3.8) is 0 Å². The summed E-state index contributed by atoms with van der Waals surface area (Å²) in [5, 5.41) is 25.2. The quantitative estimate of drug-likeness (QED) is 0.157. The summed E-state index contributed by atoms with van der Waals surface area (Å²) in [5.41, 5.74) is 2.81. The van der Waals surface area contributed by atoms with Crippen LogP contribution in [0.15, 0.2) is 91.0 Å². The number of carbonyl (C=O) groups is 3. The van der Waals surface area contributed by atoms with Crippen molar-refractivity contribution in [3.05, 3.63) is 150 Å². The molecule has 0 saturated carbocycles. The summed E-state index contributed by atoms with van der Waals surface area (Å²) in [5.74, 6) is -4.67. The number of halogens is 1. The summed E-state index contributed by atoms with van der Waals surface area (Å²) < 4.78 is 0. The number of hydrogen-bond acceptors (Lipinski definition) is 7. The van der Waals surface area contributed by atoms with Gasteiger partial charge in [0.25, 0.3) is 29.1 Å². The van der Waals surface area contributed by atoms with E-state index < -0.39 is 63.5 Å². The molecule has 0 spiro atoms. The van der Waals surface area contributed by atoms with Crippen LogP contribution in [0.4, 0.5) is 11.4 Å². The summed E-state index contributed by atoms with van der Waals surface area (Å²) in [4.78, 5) is 65.1. The summed E-state index contributed by atoms with van der Waals surface area (Å²) >= 11 is 6.02. The van der Waals surface area contributed by atoms with Crippen LogP contribution in [0.2, 0.25) is 5.02 Å². The Bertz CT molecular complexity index is 1830. The minimum atomic E-state index is -0.902. The number of nitro benzene ring substituents is 2. The summed E-state index contributed by atoms with van der Waals surface area (Å²) in [7, 11) is 0. The van der Waals surface area contributed by atoms with E-state index in [0.717, 1.165) is 44.4 Å². The van der Waals surface area contributed by atoms with Gasteiger partial charge in [-0.1, -0.05) is 66.2 Å². The van der Waals surface area contributed by atoms with Gasteiger partial charge in [0.15, 0.2) is 0 Å². The van der Waals surface area contributed by atoms with Crippen LogP contribution in [0.25, 0.3) is 0 Å². The first-order valence-electron chi connectivity index (χ1n) is 13.7. The number of imide groups is 1. The molecule has 1 heterocycles. The number of amides is 3. The van der Waals surface area contributed by atoms with Crippen molar-refractivity contribution in [2.24, 2.45) is 11.8 Å². The van der Waals surface area contributed by atoms with Crippen LogP contribution in [0.5, 0.6) is 0 Å². The van der Waals surface area contributed by atoms with Crippen LogP contribution in [0.3, 0.4) is 0 Å². The van der Waals surface area contributed by atoms with E-state index in [9.17, 15) is 34.6 Å². The second kappa shape index (κ2) is 10.1. The predicted octanol–water partition coefficient (Wildman–Crippen LogP) is 5.61. The highest BCUT2D eigenvalue weighted by molar-refractivity contribution is 6.30. The van der Waals surface area contributed by atoms with Crippen LogP contribution < -0.4 is 0 Å². The number of nitro groups is 2. The van der Waals surface area contributed by atoms with E-state index in [4.69, 9.17) is 11.6 Å². The highest BCUT2D eigenvalue weighted by atomic mass is 35.5. The number of nitrogens with zero attached hydrogens (tertiary/aromatic N) is 4. The molecule has 0 unspecified atom stereocenters.